The number of esters is 1. The number of nitrogens with one attached hydrogen (secondary N) is 1. The molecule has 1 amide bonds. The molecule has 7 heteroatoms. The highest BCUT2D eigenvalue weighted by atomic mass is 35.5. The first kappa shape index (κ1) is 18.3. The van der Waals surface area contributed by atoms with Crippen molar-refractivity contribution < 1.29 is 18.7 Å². The van der Waals surface area contributed by atoms with Gasteiger partial charge in [0.1, 0.15) is 5.82 Å². The van der Waals surface area contributed by atoms with Crippen molar-refractivity contribution in [3.05, 3.63) is 64.4 Å². The molecule has 0 saturated heterocycles. The van der Waals surface area contributed by atoms with E-state index in [4.69, 9.17) is 11.6 Å². The van der Waals surface area contributed by atoms with Crippen molar-refractivity contribution in [2.75, 3.05) is 18.2 Å². The summed E-state index contributed by atoms with van der Waals surface area (Å²) < 4.78 is 17.7. The van der Waals surface area contributed by atoms with E-state index >= 15 is 0 Å². The number of hydrogen-bond acceptors (Lipinski definition) is 4. The predicted molar refractivity (Wildman–Crippen MR) is 94.0 cm³/mol. The van der Waals surface area contributed by atoms with Crippen LogP contribution in [0.3, 0.4) is 0 Å². The molecule has 0 aliphatic carbocycles. The zero-order valence-electron chi connectivity index (χ0n) is 12.8. The SMILES string of the molecule is COC(=O)c1cccc(CSCC(=O)Nc2ccc(F)c(Cl)c2)c1. The van der Waals surface area contributed by atoms with Crippen LogP contribution < -0.4 is 5.32 Å². The minimum absolute atomic E-state index is 0.0416. The maximum atomic E-state index is 13.1. The van der Waals surface area contributed by atoms with Gasteiger partial charge in [-0.3, -0.25) is 4.79 Å². The van der Waals surface area contributed by atoms with Crippen LogP contribution in [-0.2, 0) is 15.3 Å². The van der Waals surface area contributed by atoms with Crippen molar-refractivity contribution in [1.29, 1.82) is 0 Å². The highest BCUT2D eigenvalue weighted by Gasteiger charge is 2.08. The fraction of sp³-hybridized carbons (Fsp3) is 0.176. The Hall–Kier alpha value is -2.05. The van der Waals surface area contributed by atoms with Gasteiger partial charge in [-0.05, 0) is 35.9 Å². The first-order valence-corrected chi connectivity index (χ1v) is 8.53. The number of carbonyl (C=O) groups is 2. The van der Waals surface area contributed by atoms with Gasteiger partial charge in [0.05, 0.1) is 23.4 Å². The monoisotopic (exact) mass is 367 g/mol. The molecule has 0 atom stereocenters. The van der Waals surface area contributed by atoms with Crippen LogP contribution in [0.2, 0.25) is 5.02 Å². The van der Waals surface area contributed by atoms with E-state index in [0.29, 0.717) is 17.0 Å². The van der Waals surface area contributed by atoms with Gasteiger partial charge < -0.3 is 10.1 Å². The molecule has 0 spiro atoms. The third-order valence-corrected chi connectivity index (χ3v) is 4.35. The Morgan fingerprint density at radius 2 is 2.04 bits per heavy atom. The largest absolute Gasteiger partial charge is 0.465 e. The summed E-state index contributed by atoms with van der Waals surface area (Å²) in [4.78, 5) is 23.3. The lowest BCUT2D eigenvalue weighted by atomic mass is 10.1. The number of rotatable bonds is 6. The Balaban J connectivity index is 1.84. The van der Waals surface area contributed by atoms with E-state index in [-0.39, 0.29) is 16.7 Å². The molecule has 0 aromatic heterocycles. The van der Waals surface area contributed by atoms with Crippen molar-refractivity contribution >= 4 is 40.9 Å². The van der Waals surface area contributed by atoms with E-state index in [1.54, 1.807) is 18.2 Å². The van der Waals surface area contributed by atoms with E-state index in [1.165, 1.54) is 37.1 Å². The summed E-state index contributed by atoms with van der Waals surface area (Å²) in [5.41, 5.74) is 1.83. The topological polar surface area (TPSA) is 55.4 Å². The normalized spacial score (nSPS) is 10.3. The van der Waals surface area contributed by atoms with Crippen LogP contribution in [0.4, 0.5) is 10.1 Å². The van der Waals surface area contributed by atoms with Crippen molar-refractivity contribution in [1.82, 2.24) is 0 Å². The molecule has 24 heavy (non-hydrogen) atoms. The lowest BCUT2D eigenvalue weighted by Gasteiger charge is -2.07. The number of amides is 1. The molecular formula is C17H15ClFNO3S. The number of hydrogen-bond donors (Lipinski definition) is 1. The van der Waals surface area contributed by atoms with Crippen LogP contribution >= 0.6 is 23.4 Å². The highest BCUT2D eigenvalue weighted by molar-refractivity contribution is 7.99. The highest BCUT2D eigenvalue weighted by Crippen LogP contribution is 2.20. The lowest BCUT2D eigenvalue weighted by Crippen LogP contribution is -2.14. The molecule has 0 aliphatic heterocycles. The second kappa shape index (κ2) is 8.70. The molecule has 0 aliphatic rings. The summed E-state index contributed by atoms with van der Waals surface area (Å²) in [5.74, 6) is -0.353. The van der Waals surface area contributed by atoms with E-state index in [9.17, 15) is 14.0 Å². The van der Waals surface area contributed by atoms with Crippen LogP contribution in [0.5, 0.6) is 0 Å². The molecule has 0 fully saturated rings. The number of carbonyl (C=O) groups excluding carboxylic acids is 2. The van der Waals surface area contributed by atoms with Crippen molar-refractivity contribution in [2.24, 2.45) is 0 Å². The first-order valence-electron chi connectivity index (χ1n) is 6.99. The Morgan fingerprint density at radius 3 is 2.75 bits per heavy atom. The molecule has 2 rings (SSSR count). The number of halogens is 2. The number of thioether (sulfide) groups is 1. The number of anilines is 1. The third-order valence-electron chi connectivity index (χ3n) is 3.05. The number of methoxy groups -OCH3 is 1. The van der Waals surface area contributed by atoms with Gasteiger partial charge in [-0.2, -0.15) is 0 Å². The van der Waals surface area contributed by atoms with Crippen LogP contribution in [0.1, 0.15) is 15.9 Å². The maximum Gasteiger partial charge on any atom is 0.337 e. The summed E-state index contributed by atoms with van der Waals surface area (Å²) in [6.45, 7) is 0. The zero-order chi connectivity index (χ0) is 17.5. The van der Waals surface area contributed by atoms with Crippen LogP contribution in [-0.4, -0.2) is 24.7 Å². The zero-order valence-corrected chi connectivity index (χ0v) is 14.4. The number of ether oxygens (including phenoxy) is 1. The van der Waals surface area contributed by atoms with Gasteiger partial charge in [-0.1, -0.05) is 23.7 Å². The molecule has 0 unspecified atom stereocenters. The quantitative estimate of drug-likeness (QED) is 0.780. The molecule has 0 radical (unpaired) electrons. The summed E-state index contributed by atoms with van der Waals surface area (Å²) in [7, 11) is 1.33. The first-order chi connectivity index (χ1) is 11.5. The molecule has 0 bridgehead atoms. The Labute approximate surface area is 148 Å². The van der Waals surface area contributed by atoms with Crippen molar-refractivity contribution in [2.45, 2.75) is 5.75 Å². The van der Waals surface area contributed by atoms with E-state index in [0.717, 1.165) is 5.56 Å². The second-order valence-electron chi connectivity index (χ2n) is 4.86. The standard InChI is InChI=1S/C17H15ClFNO3S/c1-23-17(22)12-4-2-3-11(7-12)9-24-10-16(21)20-13-5-6-15(19)14(18)8-13/h2-8H,9-10H2,1H3,(H,20,21). The fourth-order valence-electron chi connectivity index (χ4n) is 1.94. The van der Waals surface area contributed by atoms with Crippen LogP contribution in [0, 0.1) is 5.82 Å². The Morgan fingerprint density at radius 1 is 1.25 bits per heavy atom. The van der Waals surface area contributed by atoms with Gasteiger partial charge in [-0.25, -0.2) is 9.18 Å². The van der Waals surface area contributed by atoms with Gasteiger partial charge >= 0.3 is 5.97 Å². The van der Waals surface area contributed by atoms with Gasteiger partial charge in [-0.15, -0.1) is 11.8 Å². The van der Waals surface area contributed by atoms with Gasteiger partial charge in [0.2, 0.25) is 5.91 Å². The minimum Gasteiger partial charge on any atom is -0.465 e. The second-order valence-corrected chi connectivity index (χ2v) is 6.25. The summed E-state index contributed by atoms with van der Waals surface area (Å²) in [5, 5.41) is 2.61. The average Bonchev–Trinajstić information content (AvgIpc) is 2.57. The molecule has 1 N–H and O–H groups in total. The van der Waals surface area contributed by atoms with Crippen molar-refractivity contribution in [3.8, 4) is 0 Å². The molecule has 0 saturated carbocycles. The molecular weight excluding hydrogens is 353 g/mol. The predicted octanol–water partition coefficient (Wildman–Crippen LogP) is 4.14. The third kappa shape index (κ3) is 5.25. The minimum atomic E-state index is -0.533. The Kier molecular flexibility index (Phi) is 6.63. The summed E-state index contributed by atoms with van der Waals surface area (Å²) >= 11 is 7.06. The van der Waals surface area contributed by atoms with Gasteiger partial charge in [0.15, 0.2) is 0 Å². The van der Waals surface area contributed by atoms with E-state index < -0.39 is 11.8 Å². The summed E-state index contributed by atoms with van der Waals surface area (Å²) in [6.07, 6.45) is 0. The molecule has 2 aromatic rings. The Bertz CT molecular complexity index is 754. The number of benzene rings is 2. The smallest absolute Gasteiger partial charge is 0.337 e. The van der Waals surface area contributed by atoms with Gasteiger partial charge in [0.25, 0.3) is 0 Å². The van der Waals surface area contributed by atoms with Crippen molar-refractivity contribution in [3.63, 3.8) is 0 Å². The molecule has 4 nitrogen and oxygen atoms in total. The van der Waals surface area contributed by atoms with Gasteiger partial charge in [0, 0.05) is 11.4 Å². The average molecular weight is 368 g/mol. The van der Waals surface area contributed by atoms with E-state index in [1.807, 2.05) is 6.07 Å². The van der Waals surface area contributed by atoms with Crippen LogP contribution in [0.15, 0.2) is 42.5 Å². The summed E-state index contributed by atoms with van der Waals surface area (Å²) in [6, 6.07) is 11.0. The fourth-order valence-corrected chi connectivity index (χ4v) is 2.89. The molecule has 2 aromatic carbocycles. The maximum absolute atomic E-state index is 13.1. The lowest BCUT2D eigenvalue weighted by molar-refractivity contribution is -0.113. The van der Waals surface area contributed by atoms with E-state index in [2.05, 4.69) is 10.1 Å². The van der Waals surface area contributed by atoms with Crippen LogP contribution in [0.25, 0.3) is 0 Å². The molecule has 126 valence electrons. The molecule has 0 heterocycles.